The number of carbonyl (C=O) groups is 3. The molecule has 1 aliphatic heterocycles. The number of carbonyl (C=O) groups excluding carboxylic acids is 3. The van der Waals surface area contributed by atoms with Crippen LogP contribution in [0.4, 0.5) is 0 Å². The number of amides is 3. The molecule has 3 N–H and O–H groups in total. The number of sulfonamides is 1. The molecule has 4 unspecified atom stereocenters. The topological polar surface area (TPSA) is 154 Å². The van der Waals surface area contributed by atoms with Crippen LogP contribution in [-0.2, 0) is 29.2 Å². The Balaban J connectivity index is 1.11. The maximum atomic E-state index is 13.7. The van der Waals surface area contributed by atoms with Gasteiger partial charge in [-0.2, -0.15) is 0 Å². The average Bonchev–Trinajstić information content (AvgIpc) is 3.94. The fraction of sp³-hybridized carbons (Fsp3) is 0.419. The third-order valence-electron chi connectivity index (χ3n) is 9.12. The number of benzene rings is 2. The number of aliphatic hydroxyl groups is 1. The summed E-state index contributed by atoms with van der Waals surface area (Å²) in [4.78, 5) is 47.6. The zero-order valence-corrected chi connectivity index (χ0v) is 24.1. The number of hydrogen-bond donors (Lipinski definition) is 3. The molecule has 3 amide bonds. The molecular weight excluding hydrogens is 572 g/mol. The molecule has 4 fully saturated rings. The minimum absolute atomic E-state index is 0.0698. The number of nitrogens with one attached hydrogen (secondary N) is 2. The Labute approximate surface area is 249 Å². The second-order valence-corrected chi connectivity index (χ2v) is 14.1. The molecule has 43 heavy (non-hydrogen) atoms. The largest absolute Gasteiger partial charge is 0.392 e. The van der Waals surface area contributed by atoms with Gasteiger partial charge in [0.1, 0.15) is 23.4 Å². The van der Waals surface area contributed by atoms with Crippen molar-refractivity contribution in [2.45, 2.75) is 61.1 Å². The number of likely N-dealkylation sites (tertiary alicyclic amines) is 1. The first-order valence-corrected chi connectivity index (χ1v) is 16.1. The lowest BCUT2D eigenvalue weighted by Gasteiger charge is -2.26. The summed E-state index contributed by atoms with van der Waals surface area (Å²) >= 11 is 0. The van der Waals surface area contributed by atoms with Gasteiger partial charge in [0.15, 0.2) is 0 Å². The van der Waals surface area contributed by atoms with Gasteiger partial charge in [-0.25, -0.2) is 8.42 Å². The number of fused-ring (bicyclic) bond motifs is 3. The molecular formula is C31H32N4O7S. The molecule has 3 saturated carbocycles. The molecule has 1 saturated heterocycles. The maximum absolute atomic E-state index is 13.7. The van der Waals surface area contributed by atoms with Crippen molar-refractivity contribution in [3.8, 4) is 11.1 Å². The Morgan fingerprint density at radius 2 is 1.63 bits per heavy atom. The van der Waals surface area contributed by atoms with E-state index in [0.29, 0.717) is 25.0 Å². The fourth-order valence-electron chi connectivity index (χ4n) is 6.26. The van der Waals surface area contributed by atoms with Crippen molar-refractivity contribution in [2.75, 3.05) is 6.54 Å². The van der Waals surface area contributed by atoms with E-state index < -0.39 is 62.7 Å². The highest BCUT2D eigenvalue weighted by Crippen LogP contribution is 2.46. The van der Waals surface area contributed by atoms with Gasteiger partial charge in [0, 0.05) is 23.5 Å². The van der Waals surface area contributed by atoms with Gasteiger partial charge in [-0.15, -0.1) is 6.58 Å². The molecule has 6 atom stereocenters. The third-order valence-corrected chi connectivity index (χ3v) is 10.9. The van der Waals surface area contributed by atoms with Crippen molar-refractivity contribution in [1.29, 1.82) is 0 Å². The third kappa shape index (κ3) is 4.82. The Morgan fingerprint density at radius 3 is 2.16 bits per heavy atom. The van der Waals surface area contributed by atoms with E-state index in [2.05, 4.69) is 21.8 Å². The van der Waals surface area contributed by atoms with Gasteiger partial charge in [-0.1, -0.05) is 59.8 Å². The van der Waals surface area contributed by atoms with Gasteiger partial charge in [0.25, 0.3) is 5.91 Å². The van der Waals surface area contributed by atoms with E-state index in [1.165, 1.54) is 11.0 Å². The van der Waals surface area contributed by atoms with Gasteiger partial charge in [0.2, 0.25) is 21.8 Å². The molecule has 0 aromatic heterocycles. The number of aliphatic hydroxyl groups excluding tert-OH is 1. The second kappa shape index (κ2) is 10.0. The summed E-state index contributed by atoms with van der Waals surface area (Å²) in [5, 5.41) is 16.6. The molecule has 4 aliphatic carbocycles. The zero-order chi connectivity index (χ0) is 30.1. The lowest BCUT2D eigenvalue weighted by Crippen LogP contribution is -2.56. The van der Waals surface area contributed by atoms with Gasteiger partial charge in [-0.05, 0) is 36.8 Å². The smallest absolute Gasteiger partial charge is 0.259 e. The molecule has 11 nitrogen and oxygen atoms in total. The average molecular weight is 605 g/mol. The summed E-state index contributed by atoms with van der Waals surface area (Å²) in [6, 6.07) is 14.7. The summed E-state index contributed by atoms with van der Waals surface area (Å²) < 4.78 is 27.1. The molecule has 7 rings (SSSR count). The number of nitrogens with zero attached hydrogens (tertiary/aromatic N) is 2. The van der Waals surface area contributed by atoms with E-state index >= 15 is 0 Å². The van der Waals surface area contributed by atoms with Gasteiger partial charge in [0.05, 0.1) is 23.8 Å². The van der Waals surface area contributed by atoms with Crippen LogP contribution in [0.25, 0.3) is 11.1 Å². The van der Waals surface area contributed by atoms with Crippen molar-refractivity contribution in [2.24, 2.45) is 17.0 Å². The normalized spacial score (nSPS) is 30.1. The van der Waals surface area contributed by atoms with Crippen LogP contribution in [-0.4, -0.2) is 77.4 Å². The summed E-state index contributed by atoms with van der Waals surface area (Å²) in [6.45, 7) is 3.80. The van der Waals surface area contributed by atoms with Crippen LogP contribution in [0.2, 0.25) is 0 Å². The van der Waals surface area contributed by atoms with E-state index in [-0.39, 0.29) is 25.3 Å². The van der Waals surface area contributed by atoms with Crippen molar-refractivity contribution < 1.29 is 32.7 Å². The summed E-state index contributed by atoms with van der Waals surface area (Å²) in [6.07, 6.45) is 1.72. The Kier molecular flexibility index (Phi) is 6.47. The van der Waals surface area contributed by atoms with E-state index in [1.807, 2.05) is 48.5 Å². The number of hydrogen-bond acceptors (Lipinski definition) is 8. The molecule has 5 aliphatic rings. The minimum atomic E-state index is -3.83. The van der Waals surface area contributed by atoms with E-state index in [4.69, 9.17) is 4.84 Å². The minimum Gasteiger partial charge on any atom is -0.392 e. The highest BCUT2D eigenvalue weighted by Gasteiger charge is 2.62. The first-order chi connectivity index (χ1) is 20.6. The molecule has 0 radical (unpaired) electrons. The van der Waals surface area contributed by atoms with Crippen molar-refractivity contribution in [3.05, 3.63) is 72.3 Å². The highest BCUT2D eigenvalue weighted by atomic mass is 32.2. The molecule has 2 aromatic carbocycles. The molecule has 0 spiro atoms. The van der Waals surface area contributed by atoms with E-state index in [0.717, 1.165) is 22.3 Å². The summed E-state index contributed by atoms with van der Waals surface area (Å²) in [5.41, 5.74) is 3.11. The summed E-state index contributed by atoms with van der Waals surface area (Å²) in [5.74, 6) is -2.82. The second-order valence-electron chi connectivity index (χ2n) is 12.1. The van der Waals surface area contributed by atoms with Crippen LogP contribution in [0.15, 0.2) is 66.3 Å². The number of oxime groups is 1. The van der Waals surface area contributed by atoms with Gasteiger partial charge >= 0.3 is 0 Å². The van der Waals surface area contributed by atoms with Crippen molar-refractivity contribution >= 4 is 33.5 Å². The predicted octanol–water partition coefficient (Wildman–Crippen LogP) is 1.46. The highest BCUT2D eigenvalue weighted by molar-refractivity contribution is 7.91. The van der Waals surface area contributed by atoms with Gasteiger partial charge < -0.3 is 20.2 Å². The first kappa shape index (κ1) is 27.8. The standard InChI is InChI=1S/C31H32N4O7S/c1-2-17-15-31(17,30(39)34-43(40,41)19-11-12-19)32-28(37)25-13-18(16-35(25)29(38)24-14-26(24)36)42-33-27-22-9-5-3-7-20(22)21-8-4-6-10-23(21)27/h2-10,17-19,24-26,36H,1,11-16H2,(H,32,37)(H,34,39)/t17-,18?,24?,25?,26?,31+/m1/s1. The summed E-state index contributed by atoms with van der Waals surface area (Å²) in [7, 11) is -3.83. The van der Waals surface area contributed by atoms with Crippen LogP contribution in [0.3, 0.4) is 0 Å². The van der Waals surface area contributed by atoms with Crippen molar-refractivity contribution in [3.63, 3.8) is 0 Å². The number of rotatable bonds is 9. The first-order valence-electron chi connectivity index (χ1n) is 14.5. The Bertz CT molecular complexity index is 1640. The maximum Gasteiger partial charge on any atom is 0.259 e. The Hall–Kier alpha value is -4.03. The van der Waals surface area contributed by atoms with Crippen LogP contribution < -0.4 is 10.0 Å². The monoisotopic (exact) mass is 604 g/mol. The van der Waals surface area contributed by atoms with Crippen LogP contribution in [0, 0.1) is 11.8 Å². The van der Waals surface area contributed by atoms with Crippen LogP contribution in [0.1, 0.15) is 43.2 Å². The Morgan fingerprint density at radius 1 is 1.02 bits per heavy atom. The van der Waals surface area contributed by atoms with E-state index in [1.54, 1.807) is 0 Å². The predicted molar refractivity (Wildman–Crippen MR) is 156 cm³/mol. The molecule has 2 aromatic rings. The molecule has 0 bridgehead atoms. The zero-order valence-electron chi connectivity index (χ0n) is 23.3. The lowest BCUT2D eigenvalue weighted by molar-refractivity contribution is -0.141. The van der Waals surface area contributed by atoms with Crippen LogP contribution in [0.5, 0.6) is 0 Å². The SMILES string of the molecule is C=C[C@@H]1C[C@@]1(NC(=O)C1CC(ON=C2c3ccccc3-c3ccccc32)CN1C(=O)C1CC1O)C(=O)NS(=O)(=O)C1CC1. The van der Waals surface area contributed by atoms with E-state index in [9.17, 15) is 27.9 Å². The van der Waals surface area contributed by atoms with Crippen LogP contribution >= 0.6 is 0 Å². The van der Waals surface area contributed by atoms with Gasteiger partial charge in [-0.3, -0.25) is 19.1 Å². The lowest BCUT2D eigenvalue weighted by atomic mass is 10.1. The molecule has 1 heterocycles. The molecule has 224 valence electrons. The quantitative estimate of drug-likeness (QED) is 0.247. The fourth-order valence-corrected chi connectivity index (χ4v) is 7.63. The van der Waals surface area contributed by atoms with Crippen molar-refractivity contribution in [1.82, 2.24) is 14.9 Å². The molecule has 12 heteroatoms.